The second-order valence-electron chi connectivity index (χ2n) is 4.67. The normalized spacial score (nSPS) is 24.6. The highest BCUT2D eigenvalue weighted by Gasteiger charge is 2.22. The lowest BCUT2D eigenvalue weighted by atomic mass is 9.97. The minimum absolute atomic E-state index is 0.00751. The van der Waals surface area contributed by atoms with Gasteiger partial charge in [0.2, 0.25) is 5.91 Å². The first-order valence-electron chi connectivity index (χ1n) is 6.17. The summed E-state index contributed by atoms with van der Waals surface area (Å²) in [5.74, 6) is 0.00751. The molecule has 0 radical (unpaired) electrons. The van der Waals surface area contributed by atoms with Crippen LogP contribution in [0.1, 0.15) is 37.9 Å². The molecule has 2 heterocycles. The van der Waals surface area contributed by atoms with Crippen LogP contribution in [0.3, 0.4) is 0 Å². The minimum Gasteiger partial charge on any atom is -0.358 e. The van der Waals surface area contributed by atoms with Gasteiger partial charge in [-0.2, -0.15) is 0 Å². The number of hydrogen-bond acceptors (Lipinski definition) is 3. The van der Waals surface area contributed by atoms with Gasteiger partial charge in [-0.15, -0.1) is 0 Å². The molecule has 1 aromatic heterocycles. The van der Waals surface area contributed by atoms with Crippen LogP contribution in [-0.4, -0.2) is 28.5 Å². The molecule has 1 saturated heterocycles. The van der Waals surface area contributed by atoms with Crippen molar-refractivity contribution in [1.82, 2.24) is 20.2 Å². The van der Waals surface area contributed by atoms with E-state index in [1.807, 2.05) is 10.8 Å². The van der Waals surface area contributed by atoms with Gasteiger partial charge in [0.15, 0.2) is 0 Å². The molecule has 2 N–H and O–H groups in total. The lowest BCUT2D eigenvalue weighted by molar-refractivity contribution is -0.121. The highest BCUT2D eigenvalue weighted by molar-refractivity contribution is 5.75. The van der Waals surface area contributed by atoms with E-state index in [1.165, 1.54) is 12.8 Å². The molecule has 1 amide bonds. The topological polar surface area (TPSA) is 59.0 Å². The van der Waals surface area contributed by atoms with Gasteiger partial charge in [0.05, 0.1) is 12.0 Å². The van der Waals surface area contributed by atoms with Crippen molar-refractivity contribution in [2.75, 3.05) is 7.05 Å². The fourth-order valence-electron chi connectivity index (χ4n) is 2.36. The molecule has 17 heavy (non-hydrogen) atoms. The van der Waals surface area contributed by atoms with Crippen molar-refractivity contribution in [3.8, 4) is 0 Å². The Bertz CT molecular complexity index is 388. The molecule has 2 rings (SSSR count). The van der Waals surface area contributed by atoms with Gasteiger partial charge in [-0.1, -0.05) is 0 Å². The summed E-state index contributed by atoms with van der Waals surface area (Å²) >= 11 is 0. The summed E-state index contributed by atoms with van der Waals surface area (Å²) in [6.45, 7) is 2.55. The van der Waals surface area contributed by atoms with Crippen LogP contribution in [0.15, 0.2) is 12.5 Å². The SMILES string of the molecule is CNC(=O)Cn1cncc1C1CCCC(C)N1. The molecule has 5 nitrogen and oxygen atoms in total. The highest BCUT2D eigenvalue weighted by Crippen LogP contribution is 2.25. The van der Waals surface area contributed by atoms with Crippen LogP contribution in [0.25, 0.3) is 0 Å². The molecule has 2 atom stereocenters. The van der Waals surface area contributed by atoms with Crippen molar-refractivity contribution >= 4 is 5.91 Å². The number of likely N-dealkylation sites (N-methyl/N-ethyl adjacent to an activating group) is 1. The van der Waals surface area contributed by atoms with Crippen LogP contribution < -0.4 is 10.6 Å². The molecule has 0 aliphatic carbocycles. The number of aromatic nitrogens is 2. The third-order valence-corrected chi connectivity index (χ3v) is 3.31. The summed E-state index contributed by atoms with van der Waals surface area (Å²) in [6, 6.07) is 0.864. The Morgan fingerprint density at radius 3 is 3.18 bits per heavy atom. The first-order chi connectivity index (χ1) is 8.20. The maximum absolute atomic E-state index is 11.4. The maximum atomic E-state index is 11.4. The average Bonchev–Trinajstić information content (AvgIpc) is 2.77. The summed E-state index contributed by atoms with van der Waals surface area (Å²) in [7, 11) is 1.65. The predicted molar refractivity (Wildman–Crippen MR) is 65.5 cm³/mol. The van der Waals surface area contributed by atoms with E-state index in [9.17, 15) is 4.79 Å². The van der Waals surface area contributed by atoms with Crippen molar-refractivity contribution in [1.29, 1.82) is 0 Å². The van der Waals surface area contributed by atoms with Crippen molar-refractivity contribution in [3.63, 3.8) is 0 Å². The van der Waals surface area contributed by atoms with E-state index in [1.54, 1.807) is 13.4 Å². The Morgan fingerprint density at radius 2 is 2.47 bits per heavy atom. The fourth-order valence-corrected chi connectivity index (χ4v) is 2.36. The van der Waals surface area contributed by atoms with E-state index < -0.39 is 0 Å². The van der Waals surface area contributed by atoms with E-state index >= 15 is 0 Å². The minimum atomic E-state index is 0.00751. The average molecular weight is 236 g/mol. The van der Waals surface area contributed by atoms with Gasteiger partial charge in [-0.3, -0.25) is 4.79 Å². The van der Waals surface area contributed by atoms with Gasteiger partial charge in [-0.25, -0.2) is 4.98 Å². The largest absolute Gasteiger partial charge is 0.358 e. The molecule has 1 aliphatic heterocycles. The zero-order valence-electron chi connectivity index (χ0n) is 10.4. The van der Waals surface area contributed by atoms with E-state index in [0.29, 0.717) is 18.6 Å². The zero-order valence-corrected chi connectivity index (χ0v) is 10.4. The molecule has 0 aromatic carbocycles. The van der Waals surface area contributed by atoms with E-state index in [0.717, 1.165) is 12.1 Å². The van der Waals surface area contributed by atoms with Crippen LogP contribution in [0, 0.1) is 0 Å². The number of hydrogen-bond donors (Lipinski definition) is 2. The Balaban J connectivity index is 2.09. The Kier molecular flexibility index (Phi) is 3.78. The van der Waals surface area contributed by atoms with Gasteiger partial charge in [0.1, 0.15) is 6.54 Å². The fraction of sp³-hybridized carbons (Fsp3) is 0.667. The van der Waals surface area contributed by atoms with Gasteiger partial charge in [0, 0.05) is 25.3 Å². The number of carbonyl (C=O) groups excluding carboxylic acids is 1. The monoisotopic (exact) mass is 236 g/mol. The van der Waals surface area contributed by atoms with E-state index in [4.69, 9.17) is 0 Å². The third kappa shape index (κ3) is 2.85. The number of rotatable bonds is 3. The predicted octanol–water partition coefficient (Wildman–Crippen LogP) is 0.832. The maximum Gasteiger partial charge on any atom is 0.239 e. The Hall–Kier alpha value is -1.36. The summed E-state index contributed by atoms with van der Waals surface area (Å²) in [5, 5.41) is 6.19. The smallest absolute Gasteiger partial charge is 0.239 e. The Morgan fingerprint density at radius 1 is 1.65 bits per heavy atom. The van der Waals surface area contributed by atoms with Gasteiger partial charge < -0.3 is 15.2 Å². The summed E-state index contributed by atoms with van der Waals surface area (Å²) in [6.07, 6.45) is 7.15. The standard InChI is InChI=1S/C12H20N4O/c1-9-4-3-5-10(15-9)11-6-14-8-16(11)7-12(17)13-2/h6,8-10,15H,3-5,7H2,1-2H3,(H,13,17). The number of piperidine rings is 1. The first kappa shape index (κ1) is 12.1. The molecular weight excluding hydrogens is 216 g/mol. The van der Waals surface area contributed by atoms with Crippen LogP contribution >= 0.6 is 0 Å². The molecule has 0 bridgehead atoms. The number of imidazole rings is 1. The second kappa shape index (κ2) is 5.31. The number of carbonyl (C=O) groups is 1. The second-order valence-corrected chi connectivity index (χ2v) is 4.67. The molecule has 1 aromatic rings. The zero-order chi connectivity index (χ0) is 12.3. The van der Waals surface area contributed by atoms with Crippen molar-refractivity contribution < 1.29 is 4.79 Å². The number of amides is 1. The van der Waals surface area contributed by atoms with Crippen molar-refractivity contribution in [2.24, 2.45) is 0 Å². The first-order valence-corrected chi connectivity index (χ1v) is 6.17. The molecule has 1 aliphatic rings. The van der Waals surface area contributed by atoms with Crippen LogP contribution in [0.5, 0.6) is 0 Å². The molecule has 94 valence electrons. The number of nitrogens with zero attached hydrogens (tertiary/aromatic N) is 2. The quantitative estimate of drug-likeness (QED) is 0.817. The number of nitrogens with one attached hydrogen (secondary N) is 2. The molecule has 2 unspecified atom stereocenters. The lowest BCUT2D eigenvalue weighted by Gasteiger charge is -2.29. The highest BCUT2D eigenvalue weighted by atomic mass is 16.1. The lowest BCUT2D eigenvalue weighted by Crippen LogP contribution is -2.36. The van der Waals surface area contributed by atoms with Crippen molar-refractivity contribution in [2.45, 2.75) is 44.8 Å². The van der Waals surface area contributed by atoms with Crippen LogP contribution in [0.2, 0.25) is 0 Å². The van der Waals surface area contributed by atoms with Crippen molar-refractivity contribution in [3.05, 3.63) is 18.2 Å². The summed E-state index contributed by atoms with van der Waals surface area (Å²) < 4.78 is 1.93. The van der Waals surface area contributed by atoms with Crippen LogP contribution in [0.4, 0.5) is 0 Å². The van der Waals surface area contributed by atoms with E-state index in [-0.39, 0.29) is 5.91 Å². The van der Waals surface area contributed by atoms with Crippen LogP contribution in [-0.2, 0) is 11.3 Å². The molecule has 0 saturated carbocycles. The summed E-state index contributed by atoms with van der Waals surface area (Å²) in [5.41, 5.74) is 1.11. The summed E-state index contributed by atoms with van der Waals surface area (Å²) in [4.78, 5) is 15.6. The Labute approximate surface area is 102 Å². The molecular formula is C12H20N4O. The third-order valence-electron chi connectivity index (χ3n) is 3.31. The molecule has 1 fully saturated rings. The molecule has 0 spiro atoms. The van der Waals surface area contributed by atoms with Gasteiger partial charge >= 0.3 is 0 Å². The molecule has 5 heteroatoms. The van der Waals surface area contributed by atoms with E-state index in [2.05, 4.69) is 22.5 Å². The van der Waals surface area contributed by atoms with Gasteiger partial charge in [0.25, 0.3) is 0 Å². The van der Waals surface area contributed by atoms with Gasteiger partial charge in [-0.05, 0) is 26.2 Å².